The van der Waals surface area contributed by atoms with E-state index in [0.29, 0.717) is 42.5 Å². The molecule has 1 atom stereocenters. The Morgan fingerprint density at radius 3 is 2.43 bits per heavy atom. The number of hydrogen-bond donors (Lipinski definition) is 1. The molecule has 1 aliphatic rings. The number of carbonyl (C=O) groups excluding carboxylic acids is 1. The molecule has 0 radical (unpaired) electrons. The molecule has 1 aliphatic heterocycles. The van der Waals surface area contributed by atoms with Gasteiger partial charge in [-0.1, -0.05) is 22.9 Å². The molecular weight excluding hydrogens is 404 g/mol. The zero-order valence-corrected chi connectivity index (χ0v) is 17.5. The van der Waals surface area contributed by atoms with Gasteiger partial charge in [-0.2, -0.15) is 9.29 Å². The minimum absolute atomic E-state index is 0.103. The Labute approximate surface area is 175 Å². The lowest BCUT2D eigenvalue weighted by Crippen LogP contribution is -2.28. The molecule has 3 aromatic rings. The average Bonchev–Trinajstić information content (AvgIpc) is 3.38. The van der Waals surface area contributed by atoms with Gasteiger partial charge in [0.25, 0.3) is 5.91 Å². The van der Waals surface area contributed by atoms with Crippen LogP contribution in [0.3, 0.4) is 0 Å². The van der Waals surface area contributed by atoms with Crippen LogP contribution in [0.4, 0.5) is 5.69 Å². The molecule has 1 amide bonds. The molecule has 1 saturated heterocycles. The number of sulfonamides is 1. The van der Waals surface area contributed by atoms with Gasteiger partial charge in [-0.25, -0.2) is 8.42 Å². The van der Waals surface area contributed by atoms with Crippen molar-refractivity contribution in [3.8, 4) is 0 Å². The van der Waals surface area contributed by atoms with E-state index in [-0.39, 0.29) is 16.7 Å². The van der Waals surface area contributed by atoms with Gasteiger partial charge in [0.1, 0.15) is 0 Å². The summed E-state index contributed by atoms with van der Waals surface area (Å²) in [5.74, 6) is 0.658. The molecule has 9 heteroatoms. The van der Waals surface area contributed by atoms with Gasteiger partial charge >= 0.3 is 0 Å². The van der Waals surface area contributed by atoms with Gasteiger partial charge in [0.15, 0.2) is 5.82 Å². The summed E-state index contributed by atoms with van der Waals surface area (Å²) in [5, 5.41) is 6.56. The minimum atomic E-state index is -3.64. The van der Waals surface area contributed by atoms with Gasteiger partial charge < -0.3 is 9.84 Å². The molecule has 2 heterocycles. The zero-order valence-electron chi connectivity index (χ0n) is 16.7. The lowest BCUT2D eigenvalue weighted by atomic mass is 10.1. The molecule has 1 aromatic heterocycles. The number of nitrogens with zero attached hydrogens (tertiary/aromatic N) is 3. The molecule has 156 valence electrons. The predicted molar refractivity (Wildman–Crippen MR) is 111 cm³/mol. The molecule has 1 unspecified atom stereocenters. The summed E-state index contributed by atoms with van der Waals surface area (Å²) >= 11 is 0. The van der Waals surface area contributed by atoms with Gasteiger partial charge in [-0.15, -0.1) is 0 Å². The third kappa shape index (κ3) is 4.12. The van der Waals surface area contributed by atoms with Crippen LogP contribution in [0.2, 0.25) is 0 Å². The number of nitrogens with one attached hydrogen (secondary N) is 1. The third-order valence-electron chi connectivity index (χ3n) is 5.11. The molecule has 0 spiro atoms. The second-order valence-corrected chi connectivity index (χ2v) is 9.31. The molecule has 30 heavy (non-hydrogen) atoms. The van der Waals surface area contributed by atoms with Crippen molar-refractivity contribution in [1.29, 1.82) is 0 Å². The van der Waals surface area contributed by atoms with Gasteiger partial charge in [-0.05, 0) is 56.7 Å². The first kappa shape index (κ1) is 20.2. The number of amides is 1. The van der Waals surface area contributed by atoms with Crippen molar-refractivity contribution < 1.29 is 17.7 Å². The Bertz CT molecular complexity index is 1150. The second kappa shape index (κ2) is 8.00. The van der Waals surface area contributed by atoms with Crippen molar-refractivity contribution in [2.45, 2.75) is 31.1 Å². The van der Waals surface area contributed by atoms with Gasteiger partial charge in [0.2, 0.25) is 15.9 Å². The average molecular weight is 426 g/mol. The Kier molecular flexibility index (Phi) is 5.40. The number of aryl methyl sites for hydroxylation is 2. The SMILES string of the molecule is Cc1ccc(C(=O)Nc2ccc(S(=O)(=O)N3CCC(c4nc(C)no4)C3)cc2)cc1. The van der Waals surface area contributed by atoms with E-state index < -0.39 is 10.0 Å². The maximum Gasteiger partial charge on any atom is 0.255 e. The fraction of sp³-hybridized carbons (Fsp3) is 0.286. The fourth-order valence-corrected chi connectivity index (χ4v) is 4.89. The Balaban J connectivity index is 1.44. The third-order valence-corrected chi connectivity index (χ3v) is 6.99. The molecule has 1 N–H and O–H groups in total. The van der Waals surface area contributed by atoms with Crippen molar-refractivity contribution in [1.82, 2.24) is 14.4 Å². The van der Waals surface area contributed by atoms with Crippen molar-refractivity contribution in [3.63, 3.8) is 0 Å². The highest BCUT2D eigenvalue weighted by atomic mass is 32.2. The van der Waals surface area contributed by atoms with Crippen LogP contribution in [0, 0.1) is 13.8 Å². The minimum Gasteiger partial charge on any atom is -0.339 e. The maximum atomic E-state index is 13.0. The van der Waals surface area contributed by atoms with Gasteiger partial charge in [0.05, 0.1) is 10.8 Å². The Hall–Kier alpha value is -3.04. The van der Waals surface area contributed by atoms with E-state index in [9.17, 15) is 13.2 Å². The van der Waals surface area contributed by atoms with E-state index in [1.807, 2.05) is 19.1 Å². The van der Waals surface area contributed by atoms with E-state index >= 15 is 0 Å². The number of hydrogen-bond acceptors (Lipinski definition) is 6. The first-order valence-corrected chi connectivity index (χ1v) is 11.1. The largest absolute Gasteiger partial charge is 0.339 e. The van der Waals surface area contributed by atoms with Gasteiger partial charge in [-0.3, -0.25) is 4.79 Å². The number of aromatic nitrogens is 2. The normalized spacial score (nSPS) is 17.2. The predicted octanol–water partition coefficient (Wildman–Crippen LogP) is 3.12. The van der Waals surface area contributed by atoms with Crippen LogP contribution in [0.1, 0.15) is 40.0 Å². The van der Waals surface area contributed by atoms with E-state index in [0.717, 1.165) is 5.56 Å². The molecule has 2 aromatic carbocycles. The summed E-state index contributed by atoms with van der Waals surface area (Å²) in [6.45, 7) is 4.37. The summed E-state index contributed by atoms with van der Waals surface area (Å²) in [5.41, 5.74) is 2.14. The van der Waals surface area contributed by atoms with Crippen molar-refractivity contribution in [2.75, 3.05) is 18.4 Å². The highest BCUT2D eigenvalue weighted by Crippen LogP contribution is 2.30. The van der Waals surface area contributed by atoms with Crippen LogP contribution in [0.15, 0.2) is 57.9 Å². The summed E-state index contributed by atoms with van der Waals surface area (Å²) in [4.78, 5) is 16.7. The van der Waals surface area contributed by atoms with Crippen molar-refractivity contribution >= 4 is 21.6 Å². The van der Waals surface area contributed by atoms with Crippen LogP contribution in [-0.4, -0.2) is 41.9 Å². The highest BCUT2D eigenvalue weighted by Gasteiger charge is 2.35. The summed E-state index contributed by atoms with van der Waals surface area (Å²) < 4.78 is 32.6. The Morgan fingerprint density at radius 2 is 1.80 bits per heavy atom. The summed E-state index contributed by atoms with van der Waals surface area (Å²) in [7, 11) is -3.64. The molecule has 4 rings (SSSR count). The molecule has 8 nitrogen and oxygen atoms in total. The van der Waals surface area contributed by atoms with Crippen molar-refractivity contribution in [3.05, 3.63) is 71.4 Å². The molecule has 0 saturated carbocycles. The number of rotatable bonds is 5. The van der Waals surface area contributed by atoms with Crippen LogP contribution < -0.4 is 5.32 Å². The van der Waals surface area contributed by atoms with Crippen LogP contribution in [-0.2, 0) is 10.0 Å². The van der Waals surface area contributed by atoms with Gasteiger partial charge in [0, 0.05) is 24.3 Å². The number of anilines is 1. The lowest BCUT2D eigenvalue weighted by Gasteiger charge is -2.16. The first-order chi connectivity index (χ1) is 14.3. The molecule has 1 fully saturated rings. The molecule has 0 aliphatic carbocycles. The highest BCUT2D eigenvalue weighted by molar-refractivity contribution is 7.89. The maximum absolute atomic E-state index is 13.0. The van der Waals surface area contributed by atoms with Crippen LogP contribution in [0.25, 0.3) is 0 Å². The summed E-state index contributed by atoms with van der Waals surface area (Å²) in [6.07, 6.45) is 0.631. The molecule has 0 bridgehead atoms. The first-order valence-electron chi connectivity index (χ1n) is 9.61. The van der Waals surface area contributed by atoms with Crippen LogP contribution >= 0.6 is 0 Å². The topological polar surface area (TPSA) is 105 Å². The van der Waals surface area contributed by atoms with E-state index in [1.165, 1.54) is 16.4 Å². The quantitative estimate of drug-likeness (QED) is 0.672. The summed E-state index contributed by atoms with van der Waals surface area (Å²) in [6, 6.07) is 13.4. The fourth-order valence-electron chi connectivity index (χ4n) is 3.39. The zero-order chi connectivity index (χ0) is 21.3. The van der Waals surface area contributed by atoms with Crippen LogP contribution in [0.5, 0.6) is 0 Å². The monoisotopic (exact) mass is 426 g/mol. The van der Waals surface area contributed by atoms with E-state index in [2.05, 4.69) is 15.5 Å². The Morgan fingerprint density at radius 1 is 1.10 bits per heavy atom. The molecular formula is C21H22N4O4S. The van der Waals surface area contributed by atoms with E-state index in [4.69, 9.17) is 4.52 Å². The smallest absolute Gasteiger partial charge is 0.255 e. The second-order valence-electron chi connectivity index (χ2n) is 7.37. The standard InChI is InChI=1S/C21H22N4O4S/c1-14-3-5-16(6-4-14)20(26)23-18-7-9-19(10-8-18)30(27,28)25-12-11-17(13-25)21-22-15(2)24-29-21/h3-10,17H,11-13H2,1-2H3,(H,23,26). The number of benzene rings is 2. The lowest BCUT2D eigenvalue weighted by molar-refractivity contribution is 0.102. The van der Waals surface area contributed by atoms with Crippen molar-refractivity contribution in [2.24, 2.45) is 0 Å². The van der Waals surface area contributed by atoms with E-state index in [1.54, 1.807) is 31.2 Å². The number of carbonyl (C=O) groups is 1.